The first-order valence-electron chi connectivity index (χ1n) is 9.22. The van der Waals surface area contributed by atoms with Crippen LogP contribution in [-0.2, 0) is 21.9 Å². The van der Waals surface area contributed by atoms with E-state index in [-0.39, 0.29) is 11.8 Å². The number of rotatable bonds is 9. The molecule has 0 aliphatic carbocycles. The molecule has 0 heterocycles. The topological polar surface area (TPSA) is 58.6 Å². The first kappa shape index (κ1) is 21.8. The smallest absolute Gasteiger partial charge is 0.242 e. The third kappa shape index (κ3) is 6.30. The Kier molecular flexibility index (Phi) is 8.39. The quantitative estimate of drug-likeness (QED) is 0.701. The van der Waals surface area contributed by atoms with Crippen molar-refractivity contribution in [3.05, 3.63) is 65.2 Å². The van der Waals surface area contributed by atoms with Crippen molar-refractivity contribution in [2.75, 3.05) is 19.9 Å². The predicted molar refractivity (Wildman–Crippen MR) is 114 cm³/mol. The minimum atomic E-state index is -0.528. The van der Waals surface area contributed by atoms with Gasteiger partial charge in [0.15, 0.2) is 0 Å². The van der Waals surface area contributed by atoms with Crippen LogP contribution in [0.1, 0.15) is 23.6 Å². The molecule has 2 aromatic carbocycles. The molecule has 6 heteroatoms. The van der Waals surface area contributed by atoms with Crippen LogP contribution in [-0.4, -0.2) is 42.7 Å². The first-order valence-corrected chi connectivity index (χ1v) is 10.4. The van der Waals surface area contributed by atoms with Crippen molar-refractivity contribution in [3.63, 3.8) is 0 Å². The van der Waals surface area contributed by atoms with Gasteiger partial charge < -0.3 is 15.0 Å². The molecule has 150 valence electrons. The molecular weight excluding hydrogens is 372 g/mol. The molecule has 0 radical (unpaired) electrons. The van der Waals surface area contributed by atoms with Gasteiger partial charge >= 0.3 is 0 Å². The van der Waals surface area contributed by atoms with Crippen LogP contribution in [0.2, 0.25) is 0 Å². The zero-order valence-corrected chi connectivity index (χ0v) is 17.7. The van der Waals surface area contributed by atoms with E-state index in [0.29, 0.717) is 12.3 Å². The van der Waals surface area contributed by atoms with E-state index in [0.717, 1.165) is 28.2 Å². The van der Waals surface area contributed by atoms with E-state index in [1.807, 2.05) is 55.5 Å². The van der Waals surface area contributed by atoms with E-state index >= 15 is 0 Å². The number of carbonyl (C=O) groups excluding carboxylic acids is 2. The van der Waals surface area contributed by atoms with Gasteiger partial charge in [-0.2, -0.15) is 0 Å². The van der Waals surface area contributed by atoms with Crippen LogP contribution in [0.4, 0.5) is 0 Å². The number of methoxy groups -OCH3 is 1. The number of hydrogen-bond donors (Lipinski definition) is 1. The van der Waals surface area contributed by atoms with E-state index < -0.39 is 6.04 Å². The summed E-state index contributed by atoms with van der Waals surface area (Å²) >= 11 is 1.54. The zero-order chi connectivity index (χ0) is 20.5. The molecule has 1 N–H and O–H groups in total. The van der Waals surface area contributed by atoms with Crippen molar-refractivity contribution in [2.24, 2.45) is 0 Å². The van der Waals surface area contributed by atoms with Gasteiger partial charge in [0, 0.05) is 19.3 Å². The molecule has 0 saturated heterocycles. The monoisotopic (exact) mass is 400 g/mol. The van der Waals surface area contributed by atoms with Crippen LogP contribution < -0.4 is 10.1 Å². The highest BCUT2D eigenvalue weighted by molar-refractivity contribution is 7.99. The van der Waals surface area contributed by atoms with Crippen LogP contribution in [0.15, 0.2) is 48.5 Å². The summed E-state index contributed by atoms with van der Waals surface area (Å²) in [5.41, 5.74) is 3.28. The normalized spacial score (nSPS) is 11.6. The lowest BCUT2D eigenvalue weighted by Gasteiger charge is -2.28. The number of amides is 2. The fourth-order valence-corrected chi connectivity index (χ4v) is 3.73. The molecule has 0 fully saturated rings. The summed E-state index contributed by atoms with van der Waals surface area (Å²) < 4.78 is 5.16. The SMILES string of the molecule is CNC(=O)[C@H](C)N(Cc1cccc(C)c1)C(=O)CSCc1ccc(OC)cc1. The summed E-state index contributed by atoms with van der Waals surface area (Å²) in [6.45, 7) is 4.20. The first-order chi connectivity index (χ1) is 13.4. The average Bonchev–Trinajstić information content (AvgIpc) is 2.71. The number of nitrogens with one attached hydrogen (secondary N) is 1. The van der Waals surface area contributed by atoms with Crippen molar-refractivity contribution in [1.29, 1.82) is 0 Å². The van der Waals surface area contributed by atoms with E-state index in [1.165, 1.54) is 0 Å². The van der Waals surface area contributed by atoms with Gasteiger partial charge in [0.2, 0.25) is 11.8 Å². The van der Waals surface area contributed by atoms with Crippen LogP contribution in [0.25, 0.3) is 0 Å². The van der Waals surface area contributed by atoms with Crippen LogP contribution in [0, 0.1) is 6.92 Å². The lowest BCUT2D eigenvalue weighted by Crippen LogP contribution is -2.47. The van der Waals surface area contributed by atoms with E-state index in [9.17, 15) is 9.59 Å². The van der Waals surface area contributed by atoms with E-state index in [2.05, 4.69) is 5.32 Å². The number of carbonyl (C=O) groups is 2. The lowest BCUT2D eigenvalue weighted by atomic mass is 10.1. The number of hydrogen-bond acceptors (Lipinski definition) is 4. The van der Waals surface area contributed by atoms with Gasteiger partial charge in [-0.15, -0.1) is 11.8 Å². The Balaban J connectivity index is 2.01. The van der Waals surface area contributed by atoms with E-state index in [1.54, 1.807) is 37.7 Å². The number of aryl methyl sites for hydroxylation is 1. The molecule has 0 aromatic heterocycles. The summed E-state index contributed by atoms with van der Waals surface area (Å²) in [7, 11) is 3.23. The Hall–Kier alpha value is -2.47. The summed E-state index contributed by atoms with van der Waals surface area (Å²) in [5.74, 6) is 1.65. The van der Waals surface area contributed by atoms with Gasteiger partial charge in [-0.1, -0.05) is 42.0 Å². The molecule has 0 bridgehead atoms. The van der Waals surface area contributed by atoms with Gasteiger partial charge in [0.1, 0.15) is 11.8 Å². The Labute approximate surface area is 171 Å². The van der Waals surface area contributed by atoms with Crippen LogP contribution in [0.5, 0.6) is 5.75 Å². The second-order valence-corrected chi connectivity index (χ2v) is 7.63. The fourth-order valence-electron chi connectivity index (χ4n) is 2.86. The van der Waals surface area contributed by atoms with Crippen molar-refractivity contribution in [3.8, 4) is 5.75 Å². The molecule has 0 aliphatic heterocycles. The maximum atomic E-state index is 12.9. The van der Waals surface area contributed by atoms with Crippen molar-refractivity contribution in [2.45, 2.75) is 32.2 Å². The maximum Gasteiger partial charge on any atom is 0.242 e. The zero-order valence-electron chi connectivity index (χ0n) is 16.9. The molecular formula is C22H28N2O3S. The van der Waals surface area contributed by atoms with Gasteiger partial charge in [-0.25, -0.2) is 0 Å². The second kappa shape index (κ2) is 10.8. The number of ether oxygens (including phenoxy) is 1. The second-order valence-electron chi connectivity index (χ2n) is 6.64. The van der Waals surface area contributed by atoms with Crippen LogP contribution >= 0.6 is 11.8 Å². The van der Waals surface area contributed by atoms with Gasteiger partial charge in [0.25, 0.3) is 0 Å². The van der Waals surface area contributed by atoms with Gasteiger partial charge in [0.05, 0.1) is 12.9 Å². The third-order valence-electron chi connectivity index (χ3n) is 4.50. The number of nitrogens with zero attached hydrogens (tertiary/aromatic N) is 1. The minimum Gasteiger partial charge on any atom is -0.497 e. The highest BCUT2D eigenvalue weighted by Crippen LogP contribution is 2.18. The molecule has 1 atom stereocenters. The van der Waals surface area contributed by atoms with E-state index in [4.69, 9.17) is 4.74 Å². The highest BCUT2D eigenvalue weighted by atomic mass is 32.2. The number of thioether (sulfide) groups is 1. The Bertz CT molecular complexity index is 793. The molecule has 28 heavy (non-hydrogen) atoms. The Morgan fingerprint density at radius 1 is 1.14 bits per heavy atom. The molecule has 0 saturated carbocycles. The molecule has 2 rings (SSSR count). The van der Waals surface area contributed by atoms with Crippen LogP contribution in [0.3, 0.4) is 0 Å². The van der Waals surface area contributed by atoms with Crippen molar-refractivity contribution < 1.29 is 14.3 Å². The Morgan fingerprint density at radius 3 is 2.46 bits per heavy atom. The summed E-state index contributed by atoms with van der Waals surface area (Å²) in [4.78, 5) is 26.7. The van der Waals surface area contributed by atoms with Gasteiger partial charge in [-0.05, 0) is 37.1 Å². The number of benzene rings is 2. The largest absolute Gasteiger partial charge is 0.497 e. The highest BCUT2D eigenvalue weighted by Gasteiger charge is 2.25. The average molecular weight is 401 g/mol. The van der Waals surface area contributed by atoms with Gasteiger partial charge in [-0.3, -0.25) is 9.59 Å². The molecule has 0 spiro atoms. The Morgan fingerprint density at radius 2 is 1.86 bits per heavy atom. The predicted octanol–water partition coefficient (Wildman–Crippen LogP) is 3.40. The maximum absolute atomic E-state index is 12.9. The summed E-state index contributed by atoms with van der Waals surface area (Å²) in [5, 5.41) is 2.64. The molecule has 5 nitrogen and oxygen atoms in total. The molecule has 2 amide bonds. The number of likely N-dealkylation sites (N-methyl/N-ethyl adjacent to an activating group) is 1. The molecule has 0 unspecified atom stereocenters. The lowest BCUT2D eigenvalue weighted by molar-refractivity contribution is -0.138. The standard InChI is InChI=1S/C22H28N2O3S/c1-16-6-5-7-19(12-16)13-24(17(2)22(26)23-3)21(25)15-28-14-18-8-10-20(27-4)11-9-18/h5-12,17H,13-15H2,1-4H3,(H,23,26)/t17-/m0/s1. The minimum absolute atomic E-state index is 0.0453. The molecule has 2 aromatic rings. The summed E-state index contributed by atoms with van der Waals surface area (Å²) in [6.07, 6.45) is 0. The molecule has 0 aliphatic rings. The van der Waals surface area contributed by atoms with Crippen molar-refractivity contribution in [1.82, 2.24) is 10.2 Å². The fraction of sp³-hybridized carbons (Fsp3) is 0.364. The third-order valence-corrected chi connectivity index (χ3v) is 5.49. The van der Waals surface area contributed by atoms with Crippen molar-refractivity contribution >= 4 is 23.6 Å². The summed E-state index contributed by atoms with van der Waals surface area (Å²) in [6, 6.07) is 15.3.